The van der Waals surface area contributed by atoms with E-state index in [1.165, 1.54) is 23.3 Å². The maximum absolute atomic E-state index is 12.9. The standard InChI is InChI=1S/C15H15BrFN/c1-11-2-4-12(5-3-11)9-18-10-13-6-7-14(17)8-15(13)16/h2-8,18H,9-10H2,1H3. The molecule has 0 heterocycles. The molecule has 0 radical (unpaired) electrons. The third kappa shape index (κ3) is 3.65. The first-order valence-corrected chi connectivity index (χ1v) is 6.64. The maximum atomic E-state index is 12.9. The molecule has 18 heavy (non-hydrogen) atoms. The van der Waals surface area contributed by atoms with Crippen molar-refractivity contribution >= 4 is 15.9 Å². The second-order valence-electron chi connectivity index (χ2n) is 4.32. The summed E-state index contributed by atoms with van der Waals surface area (Å²) in [5, 5.41) is 3.35. The van der Waals surface area contributed by atoms with Gasteiger partial charge in [-0.15, -0.1) is 0 Å². The van der Waals surface area contributed by atoms with Gasteiger partial charge >= 0.3 is 0 Å². The molecule has 94 valence electrons. The lowest BCUT2D eigenvalue weighted by atomic mass is 10.1. The molecule has 0 spiro atoms. The minimum absolute atomic E-state index is 0.218. The van der Waals surface area contributed by atoms with Crippen molar-refractivity contribution in [3.8, 4) is 0 Å². The number of nitrogens with one attached hydrogen (secondary N) is 1. The van der Waals surface area contributed by atoms with Crippen LogP contribution in [-0.4, -0.2) is 0 Å². The Morgan fingerprint density at radius 2 is 1.78 bits per heavy atom. The van der Waals surface area contributed by atoms with Gasteiger partial charge in [-0.25, -0.2) is 4.39 Å². The van der Waals surface area contributed by atoms with Crippen LogP contribution in [-0.2, 0) is 13.1 Å². The van der Waals surface area contributed by atoms with Crippen LogP contribution in [0.15, 0.2) is 46.9 Å². The van der Waals surface area contributed by atoms with Crippen LogP contribution >= 0.6 is 15.9 Å². The third-order valence-electron chi connectivity index (χ3n) is 2.78. The van der Waals surface area contributed by atoms with Gasteiger partial charge in [-0.3, -0.25) is 0 Å². The molecule has 0 unspecified atom stereocenters. The summed E-state index contributed by atoms with van der Waals surface area (Å²) in [5.74, 6) is -0.218. The molecule has 0 saturated heterocycles. The lowest BCUT2D eigenvalue weighted by Gasteiger charge is -2.07. The normalized spacial score (nSPS) is 10.6. The summed E-state index contributed by atoms with van der Waals surface area (Å²) in [4.78, 5) is 0. The van der Waals surface area contributed by atoms with Crippen LogP contribution in [0.1, 0.15) is 16.7 Å². The predicted molar refractivity (Wildman–Crippen MR) is 75.8 cm³/mol. The molecule has 0 amide bonds. The van der Waals surface area contributed by atoms with Crippen LogP contribution in [0.5, 0.6) is 0 Å². The summed E-state index contributed by atoms with van der Waals surface area (Å²) >= 11 is 3.36. The van der Waals surface area contributed by atoms with E-state index in [-0.39, 0.29) is 5.82 Å². The van der Waals surface area contributed by atoms with Crippen LogP contribution in [0.2, 0.25) is 0 Å². The summed E-state index contributed by atoms with van der Waals surface area (Å²) in [6.07, 6.45) is 0. The van der Waals surface area contributed by atoms with Crippen molar-refractivity contribution in [3.63, 3.8) is 0 Å². The Bertz CT molecular complexity index is 523. The van der Waals surface area contributed by atoms with Crippen LogP contribution in [0.25, 0.3) is 0 Å². The maximum Gasteiger partial charge on any atom is 0.124 e. The van der Waals surface area contributed by atoms with Crippen LogP contribution in [0.4, 0.5) is 4.39 Å². The highest BCUT2D eigenvalue weighted by Crippen LogP contribution is 2.17. The average molecular weight is 308 g/mol. The third-order valence-corrected chi connectivity index (χ3v) is 3.52. The molecule has 1 N–H and O–H groups in total. The molecule has 1 nitrogen and oxygen atoms in total. The smallest absolute Gasteiger partial charge is 0.124 e. The molecule has 0 atom stereocenters. The van der Waals surface area contributed by atoms with Gasteiger partial charge in [0, 0.05) is 17.6 Å². The van der Waals surface area contributed by atoms with Crippen molar-refractivity contribution in [2.24, 2.45) is 0 Å². The van der Waals surface area contributed by atoms with Gasteiger partial charge in [0.15, 0.2) is 0 Å². The summed E-state index contributed by atoms with van der Waals surface area (Å²) in [5.41, 5.74) is 3.57. The van der Waals surface area contributed by atoms with Crippen LogP contribution in [0, 0.1) is 12.7 Å². The zero-order chi connectivity index (χ0) is 13.0. The van der Waals surface area contributed by atoms with Crippen molar-refractivity contribution in [1.29, 1.82) is 0 Å². The molecule has 0 aliphatic rings. The molecule has 0 bridgehead atoms. The van der Waals surface area contributed by atoms with E-state index >= 15 is 0 Å². The van der Waals surface area contributed by atoms with Gasteiger partial charge in [0.1, 0.15) is 5.82 Å². The summed E-state index contributed by atoms with van der Waals surface area (Å²) in [6, 6.07) is 13.2. The van der Waals surface area contributed by atoms with Crippen molar-refractivity contribution in [1.82, 2.24) is 5.32 Å². The second-order valence-corrected chi connectivity index (χ2v) is 5.18. The monoisotopic (exact) mass is 307 g/mol. The molecule has 0 saturated carbocycles. The Balaban J connectivity index is 1.90. The van der Waals surface area contributed by atoms with Gasteiger partial charge in [-0.2, -0.15) is 0 Å². The Hall–Kier alpha value is -1.19. The van der Waals surface area contributed by atoms with Crippen molar-refractivity contribution in [2.45, 2.75) is 20.0 Å². The summed E-state index contributed by atoms with van der Waals surface area (Å²) < 4.78 is 13.7. The van der Waals surface area contributed by atoms with E-state index in [0.29, 0.717) is 0 Å². The fourth-order valence-corrected chi connectivity index (χ4v) is 2.20. The molecular weight excluding hydrogens is 293 g/mol. The lowest BCUT2D eigenvalue weighted by molar-refractivity contribution is 0.623. The Morgan fingerprint density at radius 3 is 2.44 bits per heavy atom. The van der Waals surface area contributed by atoms with E-state index < -0.39 is 0 Å². The molecule has 0 aromatic heterocycles. The highest BCUT2D eigenvalue weighted by atomic mass is 79.9. The van der Waals surface area contributed by atoms with Gasteiger partial charge in [0.05, 0.1) is 0 Å². The van der Waals surface area contributed by atoms with Crippen LogP contribution < -0.4 is 5.32 Å². The highest BCUT2D eigenvalue weighted by molar-refractivity contribution is 9.10. The zero-order valence-corrected chi connectivity index (χ0v) is 11.8. The fraction of sp³-hybridized carbons (Fsp3) is 0.200. The molecule has 2 aromatic rings. The minimum Gasteiger partial charge on any atom is -0.309 e. The number of benzene rings is 2. The average Bonchev–Trinajstić information content (AvgIpc) is 2.34. The van der Waals surface area contributed by atoms with Crippen molar-refractivity contribution < 1.29 is 4.39 Å². The Kier molecular flexibility index (Phi) is 4.50. The highest BCUT2D eigenvalue weighted by Gasteiger charge is 2.01. The van der Waals surface area contributed by atoms with Gasteiger partial charge in [-0.05, 0) is 30.2 Å². The molecule has 2 rings (SSSR count). The predicted octanol–water partition coefficient (Wildman–Crippen LogP) is 4.19. The first-order chi connectivity index (χ1) is 8.65. The molecule has 2 aromatic carbocycles. The van der Waals surface area contributed by atoms with E-state index in [1.807, 2.05) is 0 Å². The topological polar surface area (TPSA) is 12.0 Å². The van der Waals surface area contributed by atoms with E-state index in [0.717, 1.165) is 23.1 Å². The van der Waals surface area contributed by atoms with Crippen molar-refractivity contribution in [2.75, 3.05) is 0 Å². The second kappa shape index (κ2) is 6.12. The quantitative estimate of drug-likeness (QED) is 0.893. The lowest BCUT2D eigenvalue weighted by Crippen LogP contribution is -2.13. The first kappa shape index (κ1) is 13.2. The minimum atomic E-state index is -0.218. The number of rotatable bonds is 4. The van der Waals surface area contributed by atoms with Crippen LogP contribution in [0.3, 0.4) is 0 Å². The van der Waals surface area contributed by atoms with Gasteiger partial charge in [0.25, 0.3) is 0 Å². The Labute approximate surface area is 115 Å². The molecule has 0 aliphatic heterocycles. The Morgan fingerprint density at radius 1 is 1.06 bits per heavy atom. The van der Waals surface area contributed by atoms with Gasteiger partial charge in [-0.1, -0.05) is 51.8 Å². The zero-order valence-electron chi connectivity index (χ0n) is 10.2. The SMILES string of the molecule is Cc1ccc(CNCc2ccc(F)cc2Br)cc1. The number of hydrogen-bond acceptors (Lipinski definition) is 1. The van der Waals surface area contributed by atoms with E-state index in [2.05, 4.69) is 52.4 Å². The summed E-state index contributed by atoms with van der Waals surface area (Å²) in [6.45, 7) is 3.60. The van der Waals surface area contributed by atoms with E-state index in [9.17, 15) is 4.39 Å². The number of halogens is 2. The first-order valence-electron chi connectivity index (χ1n) is 5.85. The fourth-order valence-electron chi connectivity index (χ4n) is 1.71. The molecular formula is C15H15BrFN. The van der Waals surface area contributed by atoms with Gasteiger partial charge < -0.3 is 5.32 Å². The van der Waals surface area contributed by atoms with E-state index in [4.69, 9.17) is 0 Å². The van der Waals surface area contributed by atoms with Gasteiger partial charge in [0.2, 0.25) is 0 Å². The summed E-state index contributed by atoms with van der Waals surface area (Å²) in [7, 11) is 0. The molecule has 3 heteroatoms. The number of hydrogen-bond donors (Lipinski definition) is 1. The molecule has 0 aliphatic carbocycles. The van der Waals surface area contributed by atoms with E-state index in [1.54, 1.807) is 6.07 Å². The van der Waals surface area contributed by atoms with Crippen molar-refractivity contribution in [3.05, 3.63) is 69.4 Å². The molecule has 0 fully saturated rings. The largest absolute Gasteiger partial charge is 0.309 e. The number of aryl methyl sites for hydroxylation is 1.